The van der Waals surface area contributed by atoms with Gasteiger partial charge in [0.15, 0.2) is 5.76 Å². The van der Waals surface area contributed by atoms with Crippen molar-refractivity contribution in [1.29, 1.82) is 0 Å². The third kappa shape index (κ3) is 7.29. The van der Waals surface area contributed by atoms with Gasteiger partial charge in [0.2, 0.25) is 11.7 Å². The van der Waals surface area contributed by atoms with Crippen LogP contribution in [-0.2, 0) is 0 Å². The van der Waals surface area contributed by atoms with Gasteiger partial charge in [-0.25, -0.2) is 4.98 Å². The molecule has 44 heavy (non-hydrogen) atoms. The lowest BCUT2D eigenvalue weighted by Gasteiger charge is -2.39. The van der Waals surface area contributed by atoms with Gasteiger partial charge in [-0.15, -0.1) is 0 Å². The van der Waals surface area contributed by atoms with E-state index in [0.29, 0.717) is 59.4 Å². The number of amides is 1. The maximum Gasteiger partial charge on any atom is 0.295 e. The molecule has 2 fully saturated rings. The van der Waals surface area contributed by atoms with Gasteiger partial charge >= 0.3 is 0 Å². The maximum atomic E-state index is 12.6. The van der Waals surface area contributed by atoms with Gasteiger partial charge in [0.25, 0.3) is 11.9 Å². The number of carbonyl (C=O) groups excluding carboxylic acids is 1. The Morgan fingerprint density at radius 2 is 1.95 bits per heavy atom. The molecule has 1 saturated heterocycles. The number of carbonyl (C=O) groups is 1. The van der Waals surface area contributed by atoms with Crippen molar-refractivity contribution in [1.82, 2.24) is 25.4 Å². The second-order valence-electron chi connectivity index (χ2n) is 12.7. The molecule has 4 heterocycles. The maximum absolute atomic E-state index is 12.6. The van der Waals surface area contributed by atoms with Crippen LogP contribution in [0.25, 0.3) is 22.8 Å². The molecule has 0 spiro atoms. The van der Waals surface area contributed by atoms with E-state index in [0.717, 1.165) is 36.5 Å². The van der Waals surface area contributed by atoms with E-state index in [1.54, 1.807) is 13.1 Å². The van der Waals surface area contributed by atoms with Crippen molar-refractivity contribution >= 4 is 17.6 Å². The van der Waals surface area contributed by atoms with Crippen molar-refractivity contribution in [3.63, 3.8) is 0 Å². The van der Waals surface area contributed by atoms with E-state index in [-0.39, 0.29) is 5.91 Å². The molecule has 3 atom stereocenters. The first kappa shape index (κ1) is 29.8. The largest absolute Gasteiger partial charge is 0.424 e. The predicted octanol–water partition coefficient (Wildman–Crippen LogP) is 6.76. The lowest BCUT2D eigenvalue weighted by molar-refractivity contribution is 0.0949. The Morgan fingerprint density at radius 1 is 1.07 bits per heavy atom. The van der Waals surface area contributed by atoms with E-state index in [1.165, 1.54) is 38.5 Å². The van der Waals surface area contributed by atoms with Crippen molar-refractivity contribution in [3.8, 4) is 22.8 Å². The van der Waals surface area contributed by atoms with Gasteiger partial charge in [0.1, 0.15) is 5.69 Å². The average Bonchev–Trinajstić information content (AvgIpc) is 3.70. The molecule has 10 heteroatoms. The number of pyridine rings is 1. The second-order valence-corrected chi connectivity index (χ2v) is 12.7. The predicted molar refractivity (Wildman–Crippen MR) is 170 cm³/mol. The molecule has 6 rings (SSSR count). The third-order valence-electron chi connectivity index (χ3n) is 8.83. The average molecular weight is 598 g/mol. The standard InChI is InChI=1S/C34H43N7O3/c1-22(2)18-36-33(42)27-11-6-10-26(17-27)31-20-37-34(43-31)39-29-12-5-4-9-25(29)16-24-8-7-15-41(21-24)28-13-14-30(35-19-28)32-38-23(3)44-40-32/h6,10-11,13-14,17,19-20,22,24-25,29H,4-5,7-9,12,15-16,18,21H2,1-3H3,(H,36,42)(H,37,39)/t24-,25+,29-/m1/s1. The summed E-state index contributed by atoms with van der Waals surface area (Å²) in [6.45, 7) is 8.68. The zero-order chi connectivity index (χ0) is 30.5. The normalized spacial score (nSPS) is 20.5. The number of aromatic nitrogens is 4. The van der Waals surface area contributed by atoms with E-state index >= 15 is 0 Å². The van der Waals surface area contributed by atoms with Gasteiger partial charge in [0, 0.05) is 43.7 Å². The van der Waals surface area contributed by atoms with E-state index in [4.69, 9.17) is 8.94 Å². The Hall–Kier alpha value is -4.21. The Morgan fingerprint density at radius 3 is 2.75 bits per heavy atom. The first-order chi connectivity index (χ1) is 21.4. The van der Waals surface area contributed by atoms with Crippen LogP contribution < -0.4 is 15.5 Å². The Balaban J connectivity index is 1.06. The number of nitrogens with one attached hydrogen (secondary N) is 2. The molecule has 10 nitrogen and oxygen atoms in total. The Kier molecular flexibility index (Phi) is 9.23. The van der Waals surface area contributed by atoms with Crippen LogP contribution in [0.1, 0.15) is 75.0 Å². The zero-order valence-corrected chi connectivity index (χ0v) is 26.0. The van der Waals surface area contributed by atoms with Crippen LogP contribution in [-0.4, -0.2) is 51.7 Å². The zero-order valence-electron chi connectivity index (χ0n) is 26.0. The van der Waals surface area contributed by atoms with Crippen LogP contribution in [0.5, 0.6) is 0 Å². The summed E-state index contributed by atoms with van der Waals surface area (Å²) in [5.74, 6) is 3.25. The highest BCUT2D eigenvalue weighted by Crippen LogP contribution is 2.36. The minimum absolute atomic E-state index is 0.0723. The lowest BCUT2D eigenvalue weighted by Crippen LogP contribution is -2.39. The molecule has 0 bridgehead atoms. The molecule has 1 aliphatic heterocycles. The van der Waals surface area contributed by atoms with E-state index in [9.17, 15) is 4.79 Å². The first-order valence-corrected chi connectivity index (χ1v) is 16.0. The topological polar surface area (TPSA) is 122 Å². The molecular formula is C34H43N7O3. The van der Waals surface area contributed by atoms with E-state index in [1.807, 2.05) is 36.5 Å². The summed E-state index contributed by atoms with van der Waals surface area (Å²) in [7, 11) is 0. The SMILES string of the molecule is Cc1nc(-c2ccc(N3CCC[C@H](C[C@@H]4CCCC[C@H]4Nc4ncc(-c5cccc(C(=O)NCC(C)C)c5)o4)C3)cn2)no1. The molecule has 1 aromatic carbocycles. The van der Waals surface area contributed by atoms with E-state index < -0.39 is 0 Å². The summed E-state index contributed by atoms with van der Waals surface area (Å²) in [5, 5.41) is 10.6. The fraction of sp³-hybridized carbons (Fsp3) is 0.500. The van der Waals surface area contributed by atoms with Crippen LogP contribution in [0.4, 0.5) is 11.7 Å². The van der Waals surface area contributed by atoms with Gasteiger partial charge in [-0.2, -0.15) is 4.98 Å². The smallest absolute Gasteiger partial charge is 0.295 e. The highest BCUT2D eigenvalue weighted by Gasteiger charge is 2.31. The number of hydrogen-bond acceptors (Lipinski definition) is 9. The monoisotopic (exact) mass is 597 g/mol. The number of oxazole rings is 1. The van der Waals surface area contributed by atoms with Crippen molar-refractivity contribution in [2.75, 3.05) is 29.9 Å². The number of piperidine rings is 1. The molecule has 1 amide bonds. The third-order valence-corrected chi connectivity index (χ3v) is 8.83. The van der Waals surface area contributed by atoms with Crippen LogP contribution in [0.3, 0.4) is 0 Å². The van der Waals surface area contributed by atoms with Crippen molar-refractivity contribution in [2.45, 2.75) is 71.8 Å². The van der Waals surface area contributed by atoms with Gasteiger partial charge < -0.3 is 24.5 Å². The quantitative estimate of drug-likeness (QED) is 0.204. The van der Waals surface area contributed by atoms with Gasteiger partial charge in [0.05, 0.1) is 18.1 Å². The number of nitrogens with zero attached hydrogens (tertiary/aromatic N) is 5. The summed E-state index contributed by atoms with van der Waals surface area (Å²) < 4.78 is 11.3. The molecule has 0 unspecified atom stereocenters. The van der Waals surface area contributed by atoms with Crippen LogP contribution in [0.15, 0.2) is 57.7 Å². The number of aryl methyl sites for hydroxylation is 1. The minimum atomic E-state index is -0.0723. The van der Waals surface area contributed by atoms with Gasteiger partial charge in [-0.3, -0.25) is 9.78 Å². The second kappa shape index (κ2) is 13.6. The molecule has 0 radical (unpaired) electrons. The summed E-state index contributed by atoms with van der Waals surface area (Å²) in [5.41, 5.74) is 3.34. The number of rotatable bonds is 10. The summed E-state index contributed by atoms with van der Waals surface area (Å²) in [6.07, 6.45) is 12.1. The molecule has 1 aliphatic carbocycles. The fourth-order valence-electron chi connectivity index (χ4n) is 6.55. The molecule has 2 aliphatic rings. The molecule has 1 saturated carbocycles. The number of benzene rings is 1. The first-order valence-electron chi connectivity index (χ1n) is 16.0. The van der Waals surface area contributed by atoms with Crippen LogP contribution >= 0.6 is 0 Å². The lowest BCUT2D eigenvalue weighted by atomic mass is 9.77. The molecule has 4 aromatic rings. The van der Waals surface area contributed by atoms with Gasteiger partial charge in [-0.05, 0) is 74.1 Å². The number of anilines is 2. The molecule has 232 valence electrons. The molecule has 3 aromatic heterocycles. The summed E-state index contributed by atoms with van der Waals surface area (Å²) in [6, 6.07) is 12.5. The van der Waals surface area contributed by atoms with E-state index in [2.05, 4.69) is 55.6 Å². The highest BCUT2D eigenvalue weighted by molar-refractivity contribution is 5.95. The van der Waals surface area contributed by atoms with Gasteiger partial charge in [-0.1, -0.05) is 44.0 Å². The highest BCUT2D eigenvalue weighted by atomic mass is 16.5. The summed E-state index contributed by atoms with van der Waals surface area (Å²) in [4.78, 5) is 28.5. The fourth-order valence-corrected chi connectivity index (χ4v) is 6.55. The Labute approximate surface area is 259 Å². The molecular weight excluding hydrogens is 554 g/mol. The van der Waals surface area contributed by atoms with Crippen LogP contribution in [0, 0.1) is 24.7 Å². The van der Waals surface area contributed by atoms with Crippen LogP contribution in [0.2, 0.25) is 0 Å². The summed E-state index contributed by atoms with van der Waals surface area (Å²) >= 11 is 0. The Bertz CT molecular complexity index is 1530. The van der Waals surface area contributed by atoms with Crippen molar-refractivity contribution in [2.24, 2.45) is 17.8 Å². The van der Waals surface area contributed by atoms with Crippen molar-refractivity contribution < 1.29 is 13.7 Å². The minimum Gasteiger partial charge on any atom is -0.424 e. The number of hydrogen-bond donors (Lipinski definition) is 2. The van der Waals surface area contributed by atoms with Crippen molar-refractivity contribution in [3.05, 3.63) is 60.2 Å². The molecule has 2 N–H and O–H groups in total.